The lowest BCUT2D eigenvalue weighted by Gasteiger charge is -2.07. The van der Waals surface area contributed by atoms with Gasteiger partial charge in [-0.1, -0.05) is 0 Å². The van der Waals surface area contributed by atoms with Gasteiger partial charge in [0.2, 0.25) is 0 Å². The van der Waals surface area contributed by atoms with Gasteiger partial charge in [0, 0.05) is 14.2 Å². The van der Waals surface area contributed by atoms with Crippen LogP contribution in [0.5, 0.6) is 0 Å². The van der Waals surface area contributed by atoms with Gasteiger partial charge < -0.3 is 19.6 Å². The van der Waals surface area contributed by atoms with Crippen LogP contribution in [0.15, 0.2) is 6.20 Å². The number of hydrogen-bond acceptors (Lipinski definition) is 8. The monoisotopic (exact) mass is 296 g/mol. The zero-order valence-electron chi connectivity index (χ0n) is 12.2. The van der Waals surface area contributed by atoms with E-state index in [1.165, 1.54) is 0 Å². The molecule has 0 fully saturated rings. The summed E-state index contributed by atoms with van der Waals surface area (Å²) in [7, 11) is 3.44. The fourth-order valence-electron chi connectivity index (χ4n) is 1.77. The summed E-state index contributed by atoms with van der Waals surface area (Å²) in [6.07, 6.45) is 1.67. The topological polar surface area (TPSA) is 109 Å². The van der Waals surface area contributed by atoms with E-state index in [1.54, 1.807) is 18.0 Å². The van der Waals surface area contributed by atoms with Gasteiger partial charge in [0.1, 0.15) is 6.61 Å². The third kappa shape index (κ3) is 4.08. The first-order valence-corrected chi connectivity index (χ1v) is 6.56. The summed E-state index contributed by atoms with van der Waals surface area (Å²) >= 11 is 0. The fourth-order valence-corrected chi connectivity index (χ4v) is 1.77. The number of fused-ring (bicyclic) bond motifs is 1. The molecule has 0 bridgehead atoms. The summed E-state index contributed by atoms with van der Waals surface area (Å²) in [6, 6.07) is 0. The van der Waals surface area contributed by atoms with Crippen molar-refractivity contribution in [2.45, 2.75) is 6.61 Å². The van der Waals surface area contributed by atoms with Gasteiger partial charge in [0.05, 0.1) is 38.0 Å². The number of hydrogen-bond donors (Lipinski definition) is 2. The van der Waals surface area contributed by atoms with E-state index in [1.807, 2.05) is 7.05 Å². The minimum Gasteiger partial charge on any atom is -0.382 e. The number of rotatable bonds is 9. The molecule has 2 rings (SSSR count). The van der Waals surface area contributed by atoms with E-state index in [4.69, 9.17) is 20.1 Å². The highest BCUT2D eigenvalue weighted by molar-refractivity contribution is 5.86. The number of nitrogens with zero attached hydrogens (tertiary/aromatic N) is 4. The molecule has 0 aliphatic carbocycles. The van der Waals surface area contributed by atoms with Gasteiger partial charge in [-0.25, -0.2) is 15.8 Å². The molecule has 0 amide bonds. The van der Waals surface area contributed by atoms with E-state index >= 15 is 0 Å². The number of nitrogens with one attached hydrogen (secondary N) is 1. The maximum Gasteiger partial charge on any atom is 0.163 e. The highest BCUT2D eigenvalue weighted by Crippen LogP contribution is 2.18. The quantitative estimate of drug-likeness (QED) is 0.373. The predicted octanol–water partition coefficient (Wildman–Crippen LogP) is -0.171. The molecule has 21 heavy (non-hydrogen) atoms. The van der Waals surface area contributed by atoms with Crippen molar-refractivity contribution in [3.05, 3.63) is 12.0 Å². The molecule has 3 N–H and O–H groups in total. The third-order valence-corrected chi connectivity index (χ3v) is 2.81. The molecule has 116 valence electrons. The summed E-state index contributed by atoms with van der Waals surface area (Å²) in [5, 5.41) is 4.90. The van der Waals surface area contributed by atoms with Crippen molar-refractivity contribution >= 4 is 16.9 Å². The molecule has 0 aliphatic heterocycles. The van der Waals surface area contributed by atoms with E-state index in [0.29, 0.717) is 43.7 Å². The second-order valence-corrected chi connectivity index (χ2v) is 4.30. The van der Waals surface area contributed by atoms with Crippen LogP contribution in [-0.2, 0) is 27.9 Å². The van der Waals surface area contributed by atoms with Crippen molar-refractivity contribution in [2.24, 2.45) is 12.9 Å². The number of methoxy groups -OCH3 is 1. The van der Waals surface area contributed by atoms with E-state index < -0.39 is 0 Å². The number of nitrogen functional groups attached to an aromatic ring is 1. The Morgan fingerprint density at radius 1 is 1.19 bits per heavy atom. The number of anilines is 1. The minimum atomic E-state index is 0.281. The summed E-state index contributed by atoms with van der Waals surface area (Å²) in [6.45, 7) is 2.37. The average molecular weight is 296 g/mol. The predicted molar refractivity (Wildman–Crippen MR) is 76.5 cm³/mol. The van der Waals surface area contributed by atoms with Gasteiger partial charge in [0.25, 0.3) is 0 Å². The number of nitrogens with two attached hydrogens (primary N) is 1. The molecule has 2 heterocycles. The van der Waals surface area contributed by atoms with Crippen molar-refractivity contribution in [1.29, 1.82) is 0 Å². The molecular formula is C12H20N6O3. The summed E-state index contributed by atoms with van der Waals surface area (Å²) < 4.78 is 17.3. The summed E-state index contributed by atoms with van der Waals surface area (Å²) in [4.78, 5) is 8.69. The van der Waals surface area contributed by atoms with Gasteiger partial charge in [0.15, 0.2) is 17.3 Å². The lowest BCUT2D eigenvalue weighted by molar-refractivity contribution is 0.0185. The van der Waals surface area contributed by atoms with Crippen molar-refractivity contribution in [3.63, 3.8) is 0 Å². The van der Waals surface area contributed by atoms with Gasteiger partial charge >= 0.3 is 0 Å². The molecule has 9 heteroatoms. The van der Waals surface area contributed by atoms with Crippen LogP contribution in [0.2, 0.25) is 0 Å². The maximum atomic E-state index is 5.48. The lowest BCUT2D eigenvalue weighted by atomic mass is 10.4. The van der Waals surface area contributed by atoms with Crippen LogP contribution < -0.4 is 11.3 Å². The molecule has 0 aromatic carbocycles. The minimum absolute atomic E-state index is 0.281. The average Bonchev–Trinajstić information content (AvgIpc) is 2.87. The maximum absolute atomic E-state index is 5.48. The Morgan fingerprint density at radius 2 is 1.95 bits per heavy atom. The molecule has 0 saturated carbocycles. The van der Waals surface area contributed by atoms with Gasteiger partial charge in [-0.3, -0.25) is 4.68 Å². The molecule has 2 aromatic heterocycles. The Balaban J connectivity index is 1.88. The van der Waals surface area contributed by atoms with Crippen LogP contribution >= 0.6 is 0 Å². The second kappa shape index (κ2) is 7.84. The molecule has 2 aromatic rings. The molecule has 0 aliphatic rings. The van der Waals surface area contributed by atoms with Gasteiger partial charge in [-0.2, -0.15) is 5.10 Å². The van der Waals surface area contributed by atoms with Crippen molar-refractivity contribution in [2.75, 3.05) is 39.0 Å². The Kier molecular flexibility index (Phi) is 5.81. The van der Waals surface area contributed by atoms with E-state index in [2.05, 4.69) is 20.5 Å². The number of ether oxygens (including phenoxy) is 3. The number of hydrazine groups is 1. The number of aryl methyl sites for hydroxylation is 1. The summed E-state index contributed by atoms with van der Waals surface area (Å²) in [5.41, 5.74) is 3.25. The smallest absolute Gasteiger partial charge is 0.163 e. The Bertz CT molecular complexity index is 573. The van der Waals surface area contributed by atoms with Gasteiger partial charge in [-0.05, 0) is 0 Å². The SMILES string of the molecule is COCCOCCOCc1nc(NN)c2cnn(C)c2n1. The molecular weight excluding hydrogens is 276 g/mol. The molecule has 0 unspecified atom stereocenters. The van der Waals surface area contributed by atoms with Crippen molar-refractivity contribution < 1.29 is 14.2 Å². The van der Waals surface area contributed by atoms with Crippen LogP contribution in [0, 0.1) is 0 Å². The molecule has 0 atom stereocenters. The largest absolute Gasteiger partial charge is 0.382 e. The van der Waals surface area contributed by atoms with E-state index in [-0.39, 0.29) is 6.61 Å². The Morgan fingerprint density at radius 3 is 2.71 bits per heavy atom. The Hall–Kier alpha value is -1.81. The van der Waals surface area contributed by atoms with E-state index in [9.17, 15) is 0 Å². The third-order valence-electron chi connectivity index (χ3n) is 2.81. The van der Waals surface area contributed by atoms with Crippen molar-refractivity contribution in [1.82, 2.24) is 19.7 Å². The second-order valence-electron chi connectivity index (χ2n) is 4.30. The zero-order valence-corrected chi connectivity index (χ0v) is 12.2. The van der Waals surface area contributed by atoms with Crippen molar-refractivity contribution in [3.8, 4) is 0 Å². The Labute approximate surface area is 122 Å². The first-order chi connectivity index (χ1) is 10.3. The standard InChI is InChI=1S/C12H20N6O3/c1-18-12-9(7-14-18)11(17-13)15-10(16-12)8-21-6-5-20-4-3-19-2/h7H,3-6,8,13H2,1-2H3,(H,15,16,17). The fraction of sp³-hybridized carbons (Fsp3) is 0.583. The molecule has 0 radical (unpaired) electrons. The van der Waals surface area contributed by atoms with E-state index in [0.717, 1.165) is 5.39 Å². The normalized spacial score (nSPS) is 11.2. The molecule has 0 saturated heterocycles. The highest BCUT2D eigenvalue weighted by atomic mass is 16.5. The summed E-state index contributed by atoms with van der Waals surface area (Å²) in [5.74, 6) is 6.54. The first-order valence-electron chi connectivity index (χ1n) is 6.56. The van der Waals surface area contributed by atoms with Crippen LogP contribution in [0.4, 0.5) is 5.82 Å². The van der Waals surface area contributed by atoms with Crippen LogP contribution in [0.25, 0.3) is 11.0 Å². The molecule has 9 nitrogen and oxygen atoms in total. The zero-order chi connectivity index (χ0) is 15.1. The first kappa shape index (κ1) is 15.6. The highest BCUT2D eigenvalue weighted by Gasteiger charge is 2.10. The van der Waals surface area contributed by atoms with Crippen LogP contribution in [0.1, 0.15) is 5.82 Å². The number of aromatic nitrogens is 4. The molecule has 0 spiro atoms. The lowest BCUT2D eigenvalue weighted by Crippen LogP contribution is -2.13. The van der Waals surface area contributed by atoms with Gasteiger partial charge in [-0.15, -0.1) is 0 Å². The van der Waals surface area contributed by atoms with Crippen LogP contribution in [0.3, 0.4) is 0 Å². The van der Waals surface area contributed by atoms with Crippen LogP contribution in [-0.4, -0.2) is 53.3 Å².